The van der Waals surface area contributed by atoms with Crippen LogP contribution < -0.4 is 0 Å². The molecule has 2 aromatic heterocycles. The Balaban J connectivity index is 2.00. The van der Waals surface area contributed by atoms with Gasteiger partial charge in [-0.05, 0) is 36.4 Å². The summed E-state index contributed by atoms with van der Waals surface area (Å²) in [5.41, 5.74) is 2.31. The fraction of sp³-hybridized carbons (Fsp3) is 0. The van der Waals surface area contributed by atoms with Crippen molar-refractivity contribution in [3.8, 4) is 11.4 Å². The smallest absolute Gasteiger partial charge is 0.0630 e. The highest BCUT2D eigenvalue weighted by atomic mass is 15.0. The molecule has 2 heteroatoms. The van der Waals surface area contributed by atoms with Crippen LogP contribution >= 0.6 is 0 Å². The standard InChI is InChI=1S/C14H11N2/c1-2-6-13(7-3-1)16-11-8-14(12-16)15-9-4-5-10-15/h2-12H. The van der Waals surface area contributed by atoms with Crippen molar-refractivity contribution in [1.82, 2.24) is 9.13 Å². The van der Waals surface area contributed by atoms with Crippen LogP contribution in [0.2, 0.25) is 0 Å². The fourth-order valence-electron chi connectivity index (χ4n) is 1.76. The summed E-state index contributed by atoms with van der Waals surface area (Å²) in [6.45, 7) is 0. The molecule has 0 bridgehead atoms. The summed E-state index contributed by atoms with van der Waals surface area (Å²) in [5, 5.41) is 0. The number of nitrogens with zero attached hydrogens (tertiary/aromatic N) is 2. The van der Waals surface area contributed by atoms with Gasteiger partial charge in [0.2, 0.25) is 0 Å². The molecule has 1 aromatic carbocycles. The Hall–Kier alpha value is -2.22. The largest absolute Gasteiger partial charge is 0.322 e. The van der Waals surface area contributed by atoms with E-state index < -0.39 is 0 Å². The van der Waals surface area contributed by atoms with Gasteiger partial charge in [0.15, 0.2) is 0 Å². The highest BCUT2D eigenvalue weighted by Gasteiger charge is 1.99. The maximum Gasteiger partial charge on any atom is 0.0630 e. The van der Waals surface area contributed by atoms with E-state index in [0.29, 0.717) is 0 Å². The van der Waals surface area contributed by atoms with E-state index in [9.17, 15) is 0 Å². The average Bonchev–Trinajstić information content (AvgIpc) is 3.01. The van der Waals surface area contributed by atoms with Crippen molar-refractivity contribution >= 4 is 0 Å². The van der Waals surface area contributed by atoms with Crippen molar-refractivity contribution in [3.05, 3.63) is 73.3 Å². The number of rotatable bonds is 2. The highest BCUT2D eigenvalue weighted by molar-refractivity contribution is 5.38. The van der Waals surface area contributed by atoms with E-state index in [-0.39, 0.29) is 0 Å². The number of hydrogen-bond donors (Lipinski definition) is 0. The van der Waals surface area contributed by atoms with Crippen molar-refractivity contribution in [2.45, 2.75) is 0 Å². The molecule has 77 valence electrons. The molecule has 16 heavy (non-hydrogen) atoms. The third-order valence-corrected chi connectivity index (χ3v) is 2.58. The van der Waals surface area contributed by atoms with E-state index in [0.717, 1.165) is 11.4 Å². The number of hydrogen-bond acceptors (Lipinski definition) is 0. The molecule has 0 fully saturated rings. The molecule has 0 aliphatic heterocycles. The van der Waals surface area contributed by atoms with E-state index >= 15 is 0 Å². The lowest BCUT2D eigenvalue weighted by molar-refractivity contribution is 1.04. The van der Waals surface area contributed by atoms with Crippen LogP contribution in [0.15, 0.2) is 67.3 Å². The zero-order valence-corrected chi connectivity index (χ0v) is 8.75. The van der Waals surface area contributed by atoms with Gasteiger partial charge in [-0.3, -0.25) is 0 Å². The highest BCUT2D eigenvalue weighted by Crippen LogP contribution is 2.13. The second-order valence-electron chi connectivity index (χ2n) is 3.63. The second kappa shape index (κ2) is 3.74. The van der Waals surface area contributed by atoms with Gasteiger partial charge in [0.25, 0.3) is 0 Å². The zero-order valence-electron chi connectivity index (χ0n) is 8.75. The van der Waals surface area contributed by atoms with Crippen LogP contribution in [0.4, 0.5) is 0 Å². The molecular weight excluding hydrogens is 196 g/mol. The maximum absolute atomic E-state index is 3.02. The van der Waals surface area contributed by atoms with Gasteiger partial charge in [-0.2, -0.15) is 0 Å². The summed E-state index contributed by atoms with van der Waals surface area (Å²) < 4.78 is 4.19. The van der Waals surface area contributed by atoms with E-state index in [1.165, 1.54) is 0 Å². The van der Waals surface area contributed by atoms with Crippen molar-refractivity contribution in [2.75, 3.05) is 0 Å². The summed E-state index contributed by atoms with van der Waals surface area (Å²) in [4.78, 5) is 0. The van der Waals surface area contributed by atoms with Gasteiger partial charge >= 0.3 is 0 Å². The lowest BCUT2D eigenvalue weighted by atomic mass is 10.3. The van der Waals surface area contributed by atoms with E-state index in [2.05, 4.69) is 33.7 Å². The molecule has 1 radical (unpaired) electrons. The predicted molar refractivity (Wildman–Crippen MR) is 63.9 cm³/mol. The number of benzene rings is 1. The molecule has 2 nitrogen and oxygen atoms in total. The summed E-state index contributed by atoms with van der Waals surface area (Å²) >= 11 is 0. The Morgan fingerprint density at radius 1 is 0.750 bits per heavy atom. The lowest BCUT2D eigenvalue weighted by Crippen LogP contribution is -1.90. The van der Waals surface area contributed by atoms with Gasteiger partial charge in [-0.1, -0.05) is 12.1 Å². The molecule has 2 heterocycles. The van der Waals surface area contributed by atoms with E-state index in [1.807, 2.05) is 48.8 Å². The van der Waals surface area contributed by atoms with Crippen LogP contribution in [0.3, 0.4) is 0 Å². The minimum absolute atomic E-state index is 1.15. The molecule has 0 saturated heterocycles. The molecule has 0 N–H and O–H groups in total. The van der Waals surface area contributed by atoms with Crippen molar-refractivity contribution < 1.29 is 0 Å². The first-order valence-electron chi connectivity index (χ1n) is 5.21. The molecule has 0 aliphatic rings. The summed E-state index contributed by atoms with van der Waals surface area (Å²) in [6, 6.07) is 17.1. The second-order valence-corrected chi connectivity index (χ2v) is 3.63. The van der Waals surface area contributed by atoms with Crippen LogP contribution in [-0.4, -0.2) is 9.13 Å². The molecule has 3 rings (SSSR count). The Morgan fingerprint density at radius 2 is 1.50 bits per heavy atom. The van der Waals surface area contributed by atoms with Gasteiger partial charge in [0.1, 0.15) is 0 Å². The summed E-state index contributed by atoms with van der Waals surface area (Å²) in [7, 11) is 0. The van der Waals surface area contributed by atoms with Crippen LogP contribution in [0, 0.1) is 6.07 Å². The van der Waals surface area contributed by atoms with E-state index in [1.54, 1.807) is 0 Å². The molecule has 0 unspecified atom stereocenters. The van der Waals surface area contributed by atoms with E-state index in [4.69, 9.17) is 0 Å². The average molecular weight is 207 g/mol. The summed E-state index contributed by atoms with van der Waals surface area (Å²) in [6.07, 6.45) is 8.25. The first-order chi connectivity index (χ1) is 7.93. The molecule has 0 aliphatic carbocycles. The Bertz CT molecular complexity index is 562. The van der Waals surface area contributed by atoms with Crippen molar-refractivity contribution in [2.24, 2.45) is 0 Å². The topological polar surface area (TPSA) is 9.86 Å². The SMILES string of the molecule is [c]1ccc(-n2ccc(-n3cccc3)c2)cc1. The third kappa shape index (κ3) is 1.54. The Kier molecular flexibility index (Phi) is 2.11. The van der Waals surface area contributed by atoms with Gasteiger partial charge in [-0.15, -0.1) is 0 Å². The Morgan fingerprint density at radius 3 is 2.25 bits per heavy atom. The van der Waals surface area contributed by atoms with Crippen molar-refractivity contribution in [1.29, 1.82) is 0 Å². The van der Waals surface area contributed by atoms with Gasteiger partial charge in [-0.25, -0.2) is 0 Å². The molecule has 0 amide bonds. The van der Waals surface area contributed by atoms with Gasteiger partial charge in [0, 0.05) is 30.5 Å². The normalized spacial score (nSPS) is 10.5. The minimum Gasteiger partial charge on any atom is -0.322 e. The molecule has 0 atom stereocenters. The van der Waals surface area contributed by atoms with Crippen LogP contribution in [-0.2, 0) is 0 Å². The minimum atomic E-state index is 1.15. The van der Waals surface area contributed by atoms with Gasteiger partial charge < -0.3 is 9.13 Å². The molecular formula is C14H11N2. The molecule has 3 aromatic rings. The van der Waals surface area contributed by atoms with Crippen LogP contribution in [0.5, 0.6) is 0 Å². The maximum atomic E-state index is 3.02. The first-order valence-corrected chi connectivity index (χ1v) is 5.21. The third-order valence-electron chi connectivity index (χ3n) is 2.58. The first kappa shape index (κ1) is 9.04. The zero-order chi connectivity index (χ0) is 10.8. The van der Waals surface area contributed by atoms with Crippen LogP contribution in [0.1, 0.15) is 0 Å². The molecule has 0 spiro atoms. The van der Waals surface area contributed by atoms with Crippen LogP contribution in [0.25, 0.3) is 11.4 Å². The fourth-order valence-corrected chi connectivity index (χ4v) is 1.76. The van der Waals surface area contributed by atoms with Gasteiger partial charge in [0.05, 0.1) is 5.69 Å². The number of aromatic nitrogens is 2. The Labute approximate surface area is 94.4 Å². The quantitative estimate of drug-likeness (QED) is 0.611. The predicted octanol–water partition coefficient (Wildman–Crippen LogP) is 3.07. The monoisotopic (exact) mass is 207 g/mol. The molecule has 0 saturated carbocycles. The lowest BCUT2D eigenvalue weighted by Gasteiger charge is -2.01. The van der Waals surface area contributed by atoms with Crippen molar-refractivity contribution in [3.63, 3.8) is 0 Å². The summed E-state index contributed by atoms with van der Waals surface area (Å²) in [5.74, 6) is 0.